The zero-order valence-electron chi connectivity index (χ0n) is 11.2. The zero-order chi connectivity index (χ0) is 11.2. The van der Waals surface area contributed by atoms with Gasteiger partial charge in [-0.15, -0.1) is 0 Å². The summed E-state index contributed by atoms with van der Waals surface area (Å²) in [4.78, 5) is 0. The van der Waals surface area contributed by atoms with Crippen LogP contribution in [0.25, 0.3) is 0 Å². The molecule has 0 bridgehead atoms. The summed E-state index contributed by atoms with van der Waals surface area (Å²) >= 11 is 0. The summed E-state index contributed by atoms with van der Waals surface area (Å²) < 4.78 is 0. The van der Waals surface area contributed by atoms with E-state index < -0.39 is 0 Å². The molecule has 3 unspecified atom stereocenters. The Morgan fingerprint density at radius 3 is 1.59 bits per heavy atom. The molecular weight excluding hydrogens is 204 g/mol. The van der Waals surface area contributed by atoms with Crippen molar-refractivity contribution in [2.45, 2.75) is 70.6 Å². The molecule has 4 saturated carbocycles. The van der Waals surface area contributed by atoms with E-state index in [0.717, 1.165) is 11.8 Å². The summed E-state index contributed by atoms with van der Waals surface area (Å²) in [6.45, 7) is 0. The van der Waals surface area contributed by atoms with Crippen LogP contribution in [0.2, 0.25) is 0 Å². The Hall–Kier alpha value is 0. The molecule has 0 aromatic carbocycles. The fraction of sp³-hybridized carbons (Fsp3) is 1.00. The molecule has 0 aromatic rings. The first-order valence-corrected chi connectivity index (χ1v) is 8.43. The molecule has 4 aliphatic carbocycles. The van der Waals surface area contributed by atoms with E-state index in [-0.39, 0.29) is 0 Å². The van der Waals surface area contributed by atoms with Gasteiger partial charge in [-0.1, -0.05) is 32.1 Å². The fourth-order valence-electron chi connectivity index (χ4n) is 6.45. The normalized spacial score (nSPS) is 53.6. The van der Waals surface area contributed by atoms with E-state index in [1.54, 1.807) is 70.6 Å². The summed E-state index contributed by atoms with van der Waals surface area (Å²) in [6, 6.07) is 0. The minimum Gasteiger partial charge on any atom is -0.0530 e. The molecule has 0 N–H and O–H groups in total. The van der Waals surface area contributed by atoms with Gasteiger partial charge in [0.1, 0.15) is 0 Å². The van der Waals surface area contributed by atoms with Crippen LogP contribution in [0.1, 0.15) is 70.6 Å². The molecule has 17 heavy (non-hydrogen) atoms. The van der Waals surface area contributed by atoms with E-state index in [2.05, 4.69) is 0 Å². The molecule has 0 amide bonds. The molecule has 0 nitrogen and oxygen atoms in total. The highest BCUT2D eigenvalue weighted by Crippen LogP contribution is 2.57. The molecule has 0 aromatic heterocycles. The van der Waals surface area contributed by atoms with E-state index in [4.69, 9.17) is 0 Å². The molecule has 4 rings (SSSR count). The Balaban J connectivity index is 1.56. The summed E-state index contributed by atoms with van der Waals surface area (Å²) in [7, 11) is 0. The third-order valence-corrected chi connectivity index (χ3v) is 7.08. The molecule has 0 heteroatoms. The molecule has 96 valence electrons. The molecule has 4 fully saturated rings. The lowest BCUT2D eigenvalue weighted by molar-refractivity contribution is -0.0184. The van der Waals surface area contributed by atoms with Gasteiger partial charge in [-0.3, -0.25) is 0 Å². The van der Waals surface area contributed by atoms with Crippen LogP contribution in [0.3, 0.4) is 0 Å². The van der Waals surface area contributed by atoms with Gasteiger partial charge in [0, 0.05) is 0 Å². The first-order valence-electron chi connectivity index (χ1n) is 8.43. The van der Waals surface area contributed by atoms with Crippen molar-refractivity contribution in [3.05, 3.63) is 0 Å². The van der Waals surface area contributed by atoms with Crippen molar-refractivity contribution >= 4 is 0 Å². The molecule has 6 atom stereocenters. The SMILES string of the molecule is C1CC2CC[C@@H]3C(CC[C@@H]4CCCC[C@@H]43)C2C1. The van der Waals surface area contributed by atoms with Crippen molar-refractivity contribution in [2.75, 3.05) is 0 Å². The monoisotopic (exact) mass is 232 g/mol. The largest absolute Gasteiger partial charge is 0.0530 e. The van der Waals surface area contributed by atoms with Gasteiger partial charge in [0.25, 0.3) is 0 Å². The Bertz CT molecular complexity index is 282. The standard InChI is InChI=1S/C17H28/c1-2-6-14-12(4-1)8-10-17-15-7-3-5-13(15)9-11-16(14)17/h12-17H,1-11H2/t12-,13?,14-,15?,16-,17?/m0/s1. The van der Waals surface area contributed by atoms with Crippen LogP contribution in [0, 0.1) is 35.5 Å². The predicted octanol–water partition coefficient (Wildman–Crippen LogP) is 5.03. The lowest BCUT2D eigenvalue weighted by atomic mass is 9.54. The van der Waals surface area contributed by atoms with Crippen molar-refractivity contribution in [1.29, 1.82) is 0 Å². The minimum absolute atomic E-state index is 1.16. The molecule has 0 spiro atoms. The molecule has 4 aliphatic rings. The highest BCUT2D eigenvalue weighted by atomic mass is 14.5. The quantitative estimate of drug-likeness (QED) is 0.549. The Morgan fingerprint density at radius 2 is 0.882 bits per heavy atom. The van der Waals surface area contributed by atoms with Crippen molar-refractivity contribution in [2.24, 2.45) is 35.5 Å². The third kappa shape index (κ3) is 1.70. The Morgan fingerprint density at radius 1 is 0.353 bits per heavy atom. The molecule has 0 heterocycles. The first-order chi connectivity index (χ1) is 8.43. The molecule has 0 aliphatic heterocycles. The van der Waals surface area contributed by atoms with Gasteiger partial charge in [0.15, 0.2) is 0 Å². The second kappa shape index (κ2) is 4.28. The van der Waals surface area contributed by atoms with Crippen LogP contribution in [-0.2, 0) is 0 Å². The summed E-state index contributed by atoms with van der Waals surface area (Å²) in [5, 5.41) is 0. The van der Waals surface area contributed by atoms with Crippen LogP contribution >= 0.6 is 0 Å². The first kappa shape index (κ1) is 10.9. The smallest absolute Gasteiger partial charge is 0.0352 e. The Kier molecular flexibility index (Phi) is 2.74. The van der Waals surface area contributed by atoms with Gasteiger partial charge in [0.05, 0.1) is 0 Å². The van der Waals surface area contributed by atoms with Crippen molar-refractivity contribution in [3.8, 4) is 0 Å². The van der Waals surface area contributed by atoms with E-state index >= 15 is 0 Å². The zero-order valence-corrected chi connectivity index (χ0v) is 11.2. The number of hydrogen-bond acceptors (Lipinski definition) is 0. The van der Waals surface area contributed by atoms with Crippen LogP contribution in [0.4, 0.5) is 0 Å². The van der Waals surface area contributed by atoms with Gasteiger partial charge < -0.3 is 0 Å². The average molecular weight is 232 g/mol. The van der Waals surface area contributed by atoms with E-state index in [1.807, 2.05) is 0 Å². The minimum atomic E-state index is 1.16. The van der Waals surface area contributed by atoms with Crippen LogP contribution in [-0.4, -0.2) is 0 Å². The topological polar surface area (TPSA) is 0 Å². The maximum Gasteiger partial charge on any atom is -0.0352 e. The van der Waals surface area contributed by atoms with E-state index in [1.165, 1.54) is 23.7 Å². The van der Waals surface area contributed by atoms with Crippen LogP contribution < -0.4 is 0 Å². The molecular formula is C17H28. The number of fused-ring (bicyclic) bond motifs is 5. The van der Waals surface area contributed by atoms with Crippen molar-refractivity contribution in [3.63, 3.8) is 0 Å². The predicted molar refractivity (Wildman–Crippen MR) is 71.7 cm³/mol. The summed E-state index contributed by atoms with van der Waals surface area (Å²) in [5.41, 5.74) is 0. The van der Waals surface area contributed by atoms with Gasteiger partial charge in [-0.05, 0) is 74.0 Å². The summed E-state index contributed by atoms with van der Waals surface area (Å²) in [5.74, 6) is 7.02. The van der Waals surface area contributed by atoms with Gasteiger partial charge in [-0.25, -0.2) is 0 Å². The van der Waals surface area contributed by atoms with Gasteiger partial charge in [0.2, 0.25) is 0 Å². The van der Waals surface area contributed by atoms with Gasteiger partial charge in [-0.2, -0.15) is 0 Å². The Labute approximate surface area is 107 Å². The fourth-order valence-corrected chi connectivity index (χ4v) is 6.45. The van der Waals surface area contributed by atoms with Crippen LogP contribution in [0.15, 0.2) is 0 Å². The maximum atomic E-state index is 1.62. The second-order valence-corrected chi connectivity index (χ2v) is 7.55. The van der Waals surface area contributed by atoms with Crippen molar-refractivity contribution < 1.29 is 0 Å². The lowest BCUT2D eigenvalue weighted by Crippen LogP contribution is -2.43. The average Bonchev–Trinajstić information content (AvgIpc) is 2.86. The molecule has 0 radical (unpaired) electrons. The number of hydrogen-bond donors (Lipinski definition) is 0. The highest BCUT2D eigenvalue weighted by Gasteiger charge is 2.48. The van der Waals surface area contributed by atoms with Crippen molar-refractivity contribution in [1.82, 2.24) is 0 Å². The lowest BCUT2D eigenvalue weighted by Gasteiger charge is -2.51. The van der Waals surface area contributed by atoms with Gasteiger partial charge >= 0.3 is 0 Å². The van der Waals surface area contributed by atoms with E-state index in [9.17, 15) is 0 Å². The number of rotatable bonds is 0. The van der Waals surface area contributed by atoms with Crippen LogP contribution in [0.5, 0.6) is 0 Å². The second-order valence-electron chi connectivity index (χ2n) is 7.55. The highest BCUT2D eigenvalue weighted by molar-refractivity contribution is 4.98. The third-order valence-electron chi connectivity index (χ3n) is 7.08. The maximum absolute atomic E-state index is 1.62. The molecule has 0 saturated heterocycles. The summed E-state index contributed by atoms with van der Waals surface area (Å²) in [6.07, 6.45) is 17.5. The van der Waals surface area contributed by atoms with E-state index in [0.29, 0.717) is 0 Å².